The number of allylic oxidation sites excluding steroid dienone is 2. The van der Waals surface area contributed by atoms with Gasteiger partial charge < -0.3 is 20.8 Å². The molecule has 0 bridgehead atoms. The van der Waals surface area contributed by atoms with Gasteiger partial charge in [0, 0.05) is 6.21 Å². The van der Waals surface area contributed by atoms with Crippen LogP contribution in [0.5, 0.6) is 5.75 Å². The van der Waals surface area contributed by atoms with E-state index in [0.717, 1.165) is 32.1 Å². The van der Waals surface area contributed by atoms with Crippen molar-refractivity contribution in [3.63, 3.8) is 0 Å². The zero-order valence-corrected chi connectivity index (χ0v) is 19.6. The number of carbonyl (C=O) groups is 1. The van der Waals surface area contributed by atoms with Gasteiger partial charge in [-0.2, -0.15) is 0 Å². The molecule has 3 N–H and O–H groups in total. The molecule has 1 aliphatic heterocycles. The fraction of sp³-hybridized carbons (Fsp3) is 0.500. The molecule has 1 amide bonds. The van der Waals surface area contributed by atoms with Crippen LogP contribution in [-0.4, -0.2) is 44.4 Å². The summed E-state index contributed by atoms with van der Waals surface area (Å²) in [6.07, 6.45) is 7.45. The summed E-state index contributed by atoms with van der Waals surface area (Å²) in [5.41, 5.74) is -0.155. The molecule has 3 rings (SSSR count). The van der Waals surface area contributed by atoms with Crippen LogP contribution in [0.3, 0.4) is 0 Å². The summed E-state index contributed by atoms with van der Waals surface area (Å²) in [6.45, 7) is 8.84. The predicted octanol–water partition coefficient (Wildman–Crippen LogP) is 3.38. The fourth-order valence-electron chi connectivity index (χ4n) is 4.83. The number of hydrogen-bond donors (Lipinski definition) is 3. The van der Waals surface area contributed by atoms with Gasteiger partial charge in [-0.1, -0.05) is 6.58 Å². The molecular weight excluding hydrogens is 426 g/mol. The number of hydrogen-bond acceptors (Lipinski definition) is 6. The smallest absolute Gasteiger partial charge is 0.242 e. The molecule has 1 aromatic rings. The Morgan fingerprint density at radius 2 is 1.88 bits per heavy atom. The first-order valence-corrected chi connectivity index (χ1v) is 12.5. The third-order valence-corrected chi connectivity index (χ3v) is 9.23. The largest absolute Gasteiger partial charge is 0.458 e. The molecule has 2 aliphatic rings. The number of amides is 1. The topological polar surface area (TPSA) is 108 Å². The Labute approximate surface area is 190 Å². The Hall–Kier alpha value is -2.45. The van der Waals surface area contributed by atoms with Gasteiger partial charge in [0.2, 0.25) is 5.91 Å². The Morgan fingerprint density at radius 1 is 1.22 bits per heavy atom. The van der Waals surface area contributed by atoms with Crippen molar-refractivity contribution in [2.75, 3.05) is 13.1 Å². The van der Waals surface area contributed by atoms with E-state index in [1.807, 2.05) is 6.92 Å². The van der Waals surface area contributed by atoms with Gasteiger partial charge in [-0.05, 0) is 101 Å². The van der Waals surface area contributed by atoms with Gasteiger partial charge in [-0.25, -0.2) is 8.42 Å². The summed E-state index contributed by atoms with van der Waals surface area (Å²) in [7, 11) is -3.98. The Balaban J connectivity index is 1.97. The molecule has 1 saturated carbocycles. The zero-order chi connectivity index (χ0) is 23.4. The van der Waals surface area contributed by atoms with Crippen LogP contribution >= 0.6 is 0 Å². The van der Waals surface area contributed by atoms with Crippen molar-refractivity contribution in [2.45, 2.75) is 61.6 Å². The van der Waals surface area contributed by atoms with Crippen molar-refractivity contribution in [3.05, 3.63) is 48.8 Å². The van der Waals surface area contributed by atoms with Crippen LogP contribution in [0.1, 0.15) is 46.0 Å². The SMILES string of the molecule is C=CC(=CC)Oc1ccc(S(=O)(=O)C2(C(=O)NC(C)C=N)CCC3(CCNCC3)C2)cc1. The van der Waals surface area contributed by atoms with E-state index in [4.69, 9.17) is 10.1 Å². The van der Waals surface area contributed by atoms with E-state index in [-0.39, 0.29) is 16.7 Å². The van der Waals surface area contributed by atoms with E-state index in [1.165, 1.54) is 12.1 Å². The number of rotatable bonds is 8. The summed E-state index contributed by atoms with van der Waals surface area (Å²) in [5, 5.41) is 13.5. The van der Waals surface area contributed by atoms with E-state index in [0.29, 0.717) is 24.4 Å². The summed E-state index contributed by atoms with van der Waals surface area (Å²) < 4.78 is 32.0. The summed E-state index contributed by atoms with van der Waals surface area (Å²) in [6, 6.07) is 5.67. The van der Waals surface area contributed by atoms with Crippen LogP contribution in [-0.2, 0) is 14.6 Å². The monoisotopic (exact) mass is 459 g/mol. The first-order valence-electron chi connectivity index (χ1n) is 11.1. The molecule has 174 valence electrons. The van der Waals surface area contributed by atoms with Crippen LogP contribution in [0.25, 0.3) is 0 Å². The molecule has 1 aliphatic carbocycles. The minimum Gasteiger partial charge on any atom is -0.458 e. The minimum atomic E-state index is -3.98. The second kappa shape index (κ2) is 9.58. The Kier molecular flexibility index (Phi) is 7.25. The van der Waals surface area contributed by atoms with E-state index >= 15 is 0 Å². The molecule has 1 aromatic carbocycles. The third kappa shape index (κ3) is 4.52. The maximum absolute atomic E-state index is 13.9. The number of benzene rings is 1. The van der Waals surface area contributed by atoms with E-state index in [1.54, 1.807) is 31.2 Å². The third-order valence-electron chi connectivity index (χ3n) is 6.78. The fourth-order valence-corrected chi connectivity index (χ4v) is 6.94. The lowest BCUT2D eigenvalue weighted by molar-refractivity contribution is -0.124. The number of sulfone groups is 1. The highest BCUT2D eigenvalue weighted by atomic mass is 32.2. The van der Waals surface area contributed by atoms with E-state index < -0.39 is 26.5 Å². The summed E-state index contributed by atoms with van der Waals surface area (Å²) in [5.74, 6) is 0.557. The van der Waals surface area contributed by atoms with Gasteiger partial charge in [0.1, 0.15) is 11.5 Å². The highest BCUT2D eigenvalue weighted by molar-refractivity contribution is 7.93. The molecule has 2 atom stereocenters. The molecule has 1 spiro atoms. The standard InChI is InChI=1S/C24H33N3O4S/c1-4-19(5-2)31-20-6-8-21(9-7-20)32(29,30)24(22(28)27-18(3)16-25)11-10-23(17-24)12-14-26-15-13-23/h4-9,16,18,25-26H,1,10-15,17H2,2-3H3,(H,27,28). The molecule has 7 nitrogen and oxygen atoms in total. The van der Waals surface area contributed by atoms with Crippen molar-refractivity contribution in [3.8, 4) is 5.75 Å². The van der Waals surface area contributed by atoms with Crippen molar-refractivity contribution in [2.24, 2.45) is 5.41 Å². The quantitative estimate of drug-likeness (QED) is 0.314. The minimum absolute atomic E-state index is 0.106. The molecule has 8 heteroatoms. The molecule has 2 unspecified atom stereocenters. The number of nitrogens with one attached hydrogen (secondary N) is 3. The highest BCUT2D eigenvalue weighted by Crippen LogP contribution is 2.54. The van der Waals surface area contributed by atoms with E-state index in [9.17, 15) is 13.2 Å². The molecule has 1 heterocycles. The molecule has 0 aromatic heterocycles. The van der Waals surface area contributed by atoms with Gasteiger partial charge in [-0.3, -0.25) is 4.79 Å². The predicted molar refractivity (Wildman–Crippen MR) is 126 cm³/mol. The van der Waals surface area contributed by atoms with Crippen LogP contribution in [0, 0.1) is 10.8 Å². The lowest BCUT2D eigenvalue weighted by atomic mass is 9.77. The van der Waals surface area contributed by atoms with Crippen LogP contribution in [0.4, 0.5) is 0 Å². The van der Waals surface area contributed by atoms with Crippen molar-refractivity contribution in [1.29, 1.82) is 5.41 Å². The molecular formula is C24H33N3O4S. The van der Waals surface area contributed by atoms with Gasteiger partial charge in [0.05, 0.1) is 10.9 Å². The van der Waals surface area contributed by atoms with Crippen molar-refractivity contribution in [1.82, 2.24) is 10.6 Å². The molecule has 32 heavy (non-hydrogen) atoms. The normalized spacial score (nSPS) is 24.0. The van der Waals surface area contributed by atoms with Crippen LogP contribution in [0.15, 0.2) is 53.7 Å². The molecule has 2 fully saturated rings. The second-order valence-corrected chi connectivity index (χ2v) is 11.1. The number of ether oxygens (including phenoxy) is 1. The maximum atomic E-state index is 13.9. The van der Waals surface area contributed by atoms with Gasteiger partial charge >= 0.3 is 0 Å². The summed E-state index contributed by atoms with van der Waals surface area (Å²) >= 11 is 0. The van der Waals surface area contributed by atoms with Crippen molar-refractivity contribution < 1.29 is 17.9 Å². The maximum Gasteiger partial charge on any atom is 0.242 e. The lowest BCUT2D eigenvalue weighted by Crippen LogP contribution is -2.54. The lowest BCUT2D eigenvalue weighted by Gasteiger charge is -2.36. The summed E-state index contributed by atoms with van der Waals surface area (Å²) in [4.78, 5) is 13.5. The van der Waals surface area contributed by atoms with E-state index in [2.05, 4.69) is 17.2 Å². The van der Waals surface area contributed by atoms with Crippen LogP contribution in [0.2, 0.25) is 0 Å². The van der Waals surface area contributed by atoms with Crippen molar-refractivity contribution >= 4 is 22.0 Å². The highest BCUT2D eigenvalue weighted by Gasteiger charge is 2.60. The number of piperidine rings is 1. The Bertz CT molecular complexity index is 995. The molecule has 0 radical (unpaired) electrons. The van der Waals surface area contributed by atoms with Crippen LogP contribution < -0.4 is 15.4 Å². The first kappa shape index (κ1) is 24.2. The second-order valence-electron chi connectivity index (χ2n) is 8.82. The van der Waals surface area contributed by atoms with Gasteiger partial charge in [0.25, 0.3) is 0 Å². The first-order chi connectivity index (χ1) is 15.2. The number of carbonyl (C=O) groups excluding carboxylic acids is 1. The zero-order valence-electron chi connectivity index (χ0n) is 18.8. The van der Waals surface area contributed by atoms with Gasteiger partial charge in [-0.15, -0.1) is 0 Å². The Morgan fingerprint density at radius 3 is 2.44 bits per heavy atom. The van der Waals surface area contributed by atoms with Gasteiger partial charge in [0.15, 0.2) is 14.6 Å². The molecule has 1 saturated heterocycles. The average molecular weight is 460 g/mol. The average Bonchev–Trinajstić information content (AvgIpc) is 3.18.